The van der Waals surface area contributed by atoms with Crippen molar-refractivity contribution in [1.29, 1.82) is 0 Å². The topological polar surface area (TPSA) is 51.5 Å². The molecule has 140 valence electrons. The van der Waals surface area contributed by atoms with E-state index in [1.807, 2.05) is 24.3 Å². The lowest BCUT2D eigenvalue weighted by Crippen LogP contribution is -2.29. The Hall–Kier alpha value is -2.07. The number of ether oxygens (including phenoxy) is 1. The van der Waals surface area contributed by atoms with Gasteiger partial charge in [0.2, 0.25) is 0 Å². The molecule has 0 saturated heterocycles. The number of furan rings is 1. The van der Waals surface area contributed by atoms with E-state index in [1.54, 1.807) is 19.1 Å². The van der Waals surface area contributed by atoms with Crippen LogP contribution >= 0.6 is 0 Å². The van der Waals surface area contributed by atoms with Crippen LogP contribution in [0.3, 0.4) is 0 Å². The van der Waals surface area contributed by atoms with Gasteiger partial charge in [-0.25, -0.2) is 4.79 Å². The summed E-state index contributed by atoms with van der Waals surface area (Å²) in [6.45, 7) is 2.96. The van der Waals surface area contributed by atoms with Crippen LogP contribution in [0.15, 0.2) is 40.8 Å². The zero-order valence-electron chi connectivity index (χ0n) is 15.6. The van der Waals surface area contributed by atoms with Crippen molar-refractivity contribution in [2.45, 2.75) is 64.5 Å². The average Bonchev–Trinajstić information content (AvgIpc) is 3.10. The van der Waals surface area contributed by atoms with Crippen LogP contribution in [0.25, 0.3) is 11.3 Å². The predicted molar refractivity (Wildman–Crippen MR) is 103 cm³/mol. The molecule has 1 fully saturated rings. The molecular formula is C22H29NO3. The number of benzene rings is 1. The van der Waals surface area contributed by atoms with Gasteiger partial charge >= 0.3 is 5.97 Å². The van der Waals surface area contributed by atoms with Crippen LogP contribution in [0.4, 0.5) is 0 Å². The largest absolute Gasteiger partial charge is 0.462 e. The van der Waals surface area contributed by atoms with E-state index < -0.39 is 0 Å². The first-order chi connectivity index (χ1) is 12.8. The molecule has 4 heteroatoms. The van der Waals surface area contributed by atoms with Crippen LogP contribution in [0.1, 0.15) is 68.0 Å². The monoisotopic (exact) mass is 355 g/mol. The Bertz CT molecular complexity index is 682. The SMILES string of the molecule is CCOC(=O)c1ccc(-c2ccc(CNC3CCCCCCC3)o2)cc1. The van der Waals surface area contributed by atoms with E-state index in [2.05, 4.69) is 5.32 Å². The van der Waals surface area contributed by atoms with E-state index in [1.165, 1.54) is 44.9 Å². The van der Waals surface area contributed by atoms with Gasteiger partial charge in [-0.2, -0.15) is 0 Å². The minimum absolute atomic E-state index is 0.289. The van der Waals surface area contributed by atoms with E-state index in [0.29, 0.717) is 18.2 Å². The molecule has 1 aliphatic carbocycles. The number of esters is 1. The van der Waals surface area contributed by atoms with Crippen molar-refractivity contribution < 1.29 is 13.9 Å². The first-order valence-electron chi connectivity index (χ1n) is 9.86. The van der Waals surface area contributed by atoms with Gasteiger partial charge in [-0.3, -0.25) is 0 Å². The summed E-state index contributed by atoms with van der Waals surface area (Å²) < 4.78 is 11.0. The molecule has 0 aliphatic heterocycles. The molecule has 1 aromatic carbocycles. The minimum Gasteiger partial charge on any atom is -0.462 e. The Morgan fingerprint density at radius 3 is 2.42 bits per heavy atom. The fourth-order valence-electron chi connectivity index (χ4n) is 3.52. The van der Waals surface area contributed by atoms with Crippen molar-refractivity contribution in [2.24, 2.45) is 0 Å². The molecule has 26 heavy (non-hydrogen) atoms. The molecule has 2 aromatic rings. The van der Waals surface area contributed by atoms with Crippen LogP contribution in [-0.2, 0) is 11.3 Å². The normalized spacial score (nSPS) is 16.0. The van der Waals surface area contributed by atoms with Crippen molar-refractivity contribution in [3.63, 3.8) is 0 Å². The fourth-order valence-corrected chi connectivity index (χ4v) is 3.52. The maximum absolute atomic E-state index is 11.7. The van der Waals surface area contributed by atoms with Gasteiger partial charge in [0, 0.05) is 11.6 Å². The van der Waals surface area contributed by atoms with Gasteiger partial charge in [0.05, 0.1) is 18.7 Å². The third-order valence-corrected chi connectivity index (χ3v) is 5.01. The van der Waals surface area contributed by atoms with E-state index in [-0.39, 0.29) is 5.97 Å². The van der Waals surface area contributed by atoms with E-state index in [9.17, 15) is 4.79 Å². The molecular weight excluding hydrogens is 326 g/mol. The summed E-state index contributed by atoms with van der Waals surface area (Å²) in [5.74, 6) is 1.49. The lowest BCUT2D eigenvalue weighted by atomic mass is 9.97. The maximum Gasteiger partial charge on any atom is 0.338 e. The standard InChI is InChI=1S/C22H29NO3/c1-2-25-22(24)18-12-10-17(11-13-18)21-15-14-20(26-21)16-23-19-8-6-4-3-5-7-9-19/h10-15,19,23H,2-9,16H2,1H3. The highest BCUT2D eigenvalue weighted by Crippen LogP contribution is 2.23. The highest BCUT2D eigenvalue weighted by Gasteiger charge is 2.12. The van der Waals surface area contributed by atoms with Crippen LogP contribution in [0, 0.1) is 0 Å². The molecule has 1 heterocycles. The second kappa shape index (κ2) is 9.58. The Morgan fingerprint density at radius 1 is 1.04 bits per heavy atom. The Balaban J connectivity index is 1.56. The summed E-state index contributed by atoms with van der Waals surface area (Å²) in [5.41, 5.74) is 1.53. The molecule has 0 spiro atoms. The lowest BCUT2D eigenvalue weighted by molar-refractivity contribution is 0.0526. The summed E-state index contributed by atoms with van der Waals surface area (Å²) in [4.78, 5) is 11.7. The highest BCUT2D eigenvalue weighted by molar-refractivity contribution is 5.89. The first kappa shape index (κ1) is 18.7. The second-order valence-corrected chi connectivity index (χ2v) is 6.99. The van der Waals surface area contributed by atoms with E-state index >= 15 is 0 Å². The number of hydrogen-bond acceptors (Lipinski definition) is 4. The van der Waals surface area contributed by atoms with Crippen LogP contribution in [0.2, 0.25) is 0 Å². The van der Waals surface area contributed by atoms with Gasteiger partial charge < -0.3 is 14.5 Å². The van der Waals surface area contributed by atoms with Gasteiger partial charge in [-0.15, -0.1) is 0 Å². The van der Waals surface area contributed by atoms with Crippen molar-refractivity contribution in [3.8, 4) is 11.3 Å². The summed E-state index contributed by atoms with van der Waals surface area (Å²) >= 11 is 0. The van der Waals surface area contributed by atoms with E-state index in [0.717, 1.165) is 23.6 Å². The van der Waals surface area contributed by atoms with Crippen molar-refractivity contribution in [1.82, 2.24) is 5.32 Å². The van der Waals surface area contributed by atoms with Gasteiger partial charge in [-0.1, -0.05) is 44.2 Å². The van der Waals surface area contributed by atoms with Gasteiger partial charge in [-0.05, 0) is 44.0 Å². The number of carbonyl (C=O) groups excluding carboxylic acids is 1. The Kier molecular flexibility index (Phi) is 6.89. The van der Waals surface area contributed by atoms with Crippen molar-refractivity contribution in [2.75, 3.05) is 6.61 Å². The average molecular weight is 355 g/mol. The van der Waals surface area contributed by atoms with Crippen molar-refractivity contribution >= 4 is 5.97 Å². The van der Waals surface area contributed by atoms with Crippen LogP contribution < -0.4 is 5.32 Å². The summed E-state index contributed by atoms with van der Waals surface area (Å²) in [6.07, 6.45) is 9.31. The lowest BCUT2D eigenvalue weighted by Gasteiger charge is -2.20. The van der Waals surface area contributed by atoms with Crippen LogP contribution in [0.5, 0.6) is 0 Å². The molecule has 1 aliphatic rings. The highest BCUT2D eigenvalue weighted by atomic mass is 16.5. The Labute approximate surface area is 155 Å². The zero-order chi connectivity index (χ0) is 18.2. The molecule has 0 radical (unpaired) electrons. The number of carbonyl (C=O) groups is 1. The summed E-state index contributed by atoms with van der Waals surface area (Å²) in [7, 11) is 0. The zero-order valence-corrected chi connectivity index (χ0v) is 15.6. The second-order valence-electron chi connectivity index (χ2n) is 6.99. The van der Waals surface area contributed by atoms with Gasteiger partial charge in [0.15, 0.2) is 0 Å². The van der Waals surface area contributed by atoms with Gasteiger partial charge in [0.1, 0.15) is 11.5 Å². The maximum atomic E-state index is 11.7. The molecule has 1 N–H and O–H groups in total. The molecule has 0 unspecified atom stereocenters. The first-order valence-corrected chi connectivity index (χ1v) is 9.86. The molecule has 4 nitrogen and oxygen atoms in total. The van der Waals surface area contributed by atoms with Crippen LogP contribution in [-0.4, -0.2) is 18.6 Å². The van der Waals surface area contributed by atoms with Crippen molar-refractivity contribution in [3.05, 3.63) is 47.7 Å². The molecule has 0 amide bonds. The number of rotatable bonds is 6. The molecule has 0 atom stereocenters. The number of nitrogens with one attached hydrogen (secondary N) is 1. The molecule has 1 aromatic heterocycles. The smallest absolute Gasteiger partial charge is 0.338 e. The summed E-state index contributed by atoms with van der Waals surface area (Å²) in [6, 6.07) is 12.0. The molecule has 1 saturated carbocycles. The van der Waals surface area contributed by atoms with E-state index in [4.69, 9.17) is 9.15 Å². The predicted octanol–water partition coefficient (Wildman–Crippen LogP) is 5.33. The number of hydrogen-bond donors (Lipinski definition) is 1. The molecule has 0 bridgehead atoms. The van der Waals surface area contributed by atoms with Gasteiger partial charge in [0.25, 0.3) is 0 Å². The third kappa shape index (κ3) is 5.21. The quantitative estimate of drug-likeness (QED) is 0.712. The Morgan fingerprint density at radius 2 is 1.73 bits per heavy atom. The fraction of sp³-hybridized carbons (Fsp3) is 0.500. The summed E-state index contributed by atoms with van der Waals surface area (Å²) in [5, 5.41) is 3.65. The molecule has 3 rings (SSSR count). The minimum atomic E-state index is -0.289. The third-order valence-electron chi connectivity index (χ3n) is 5.01.